The van der Waals surface area contributed by atoms with Gasteiger partial charge in [-0.2, -0.15) is 26.7 Å². The number of aromatic nitrogens is 4. The zero-order chi connectivity index (χ0) is 27.3. The first kappa shape index (κ1) is 25.6. The van der Waals surface area contributed by atoms with Crippen LogP contribution in [-0.2, 0) is 23.3 Å². The first-order valence-corrected chi connectivity index (χ1v) is 11.7. The molecule has 14 heteroatoms. The van der Waals surface area contributed by atoms with E-state index >= 15 is 0 Å². The van der Waals surface area contributed by atoms with Crippen LogP contribution in [0.25, 0.3) is 27.5 Å². The molecule has 2 heterocycles. The van der Waals surface area contributed by atoms with Crippen molar-refractivity contribution in [1.29, 1.82) is 0 Å². The molecular weight excluding hydrogens is 515 g/mol. The zero-order valence-electron chi connectivity index (χ0n) is 19.1. The monoisotopic (exact) mass is 531 g/mol. The molecule has 0 amide bonds. The highest BCUT2D eigenvalue weighted by Crippen LogP contribution is 2.33. The van der Waals surface area contributed by atoms with Gasteiger partial charge in [0, 0.05) is 12.7 Å². The van der Waals surface area contributed by atoms with E-state index in [1.807, 2.05) is 0 Å². The van der Waals surface area contributed by atoms with E-state index in [0.29, 0.717) is 10.6 Å². The number of nitrogens with zero attached hydrogens (tertiary/aromatic N) is 5. The Morgan fingerprint density at radius 3 is 2.27 bits per heavy atom. The maximum atomic E-state index is 13.3. The SMILES string of the molecule is [C-]#[N+]c1ccc(-n2ncc(S(=O)(=O)O)c2-c2c(C)n(-c3cccc(C(F)(F)F)c3)c(=O)n(C)c2=O)cc1. The van der Waals surface area contributed by atoms with Gasteiger partial charge in [-0.15, -0.1) is 0 Å². The Balaban J connectivity index is 2.12. The average molecular weight is 531 g/mol. The minimum atomic E-state index is -4.96. The molecule has 2 aromatic heterocycles. The number of hydrogen-bond acceptors (Lipinski definition) is 5. The minimum Gasteiger partial charge on any atom is -0.282 e. The van der Waals surface area contributed by atoms with Gasteiger partial charge in [-0.1, -0.05) is 18.2 Å². The fraction of sp³-hybridized carbons (Fsp3) is 0.130. The summed E-state index contributed by atoms with van der Waals surface area (Å²) < 4.78 is 76.8. The molecular formula is C23H16F3N5O5S. The molecule has 10 nitrogen and oxygen atoms in total. The normalized spacial score (nSPS) is 11.9. The molecule has 0 aliphatic rings. The summed E-state index contributed by atoms with van der Waals surface area (Å²) in [7, 11) is -3.88. The Kier molecular flexibility index (Phi) is 6.14. The fourth-order valence-electron chi connectivity index (χ4n) is 3.83. The third kappa shape index (κ3) is 4.46. The molecule has 0 atom stereocenters. The summed E-state index contributed by atoms with van der Waals surface area (Å²) in [5.41, 5.74) is -3.78. The van der Waals surface area contributed by atoms with E-state index in [9.17, 15) is 35.7 Å². The second-order valence-corrected chi connectivity index (χ2v) is 9.25. The lowest BCUT2D eigenvalue weighted by atomic mass is 10.1. The summed E-state index contributed by atoms with van der Waals surface area (Å²) in [6.45, 7) is 8.34. The summed E-state index contributed by atoms with van der Waals surface area (Å²) in [6.07, 6.45) is -3.92. The van der Waals surface area contributed by atoms with Crippen LogP contribution in [0.4, 0.5) is 18.9 Å². The van der Waals surface area contributed by atoms with Crippen LogP contribution in [0.1, 0.15) is 11.3 Å². The second-order valence-electron chi connectivity index (χ2n) is 7.86. The highest BCUT2D eigenvalue weighted by atomic mass is 32.2. The second kappa shape index (κ2) is 8.87. The van der Waals surface area contributed by atoms with Gasteiger partial charge in [0.05, 0.1) is 35.3 Å². The highest BCUT2D eigenvalue weighted by molar-refractivity contribution is 7.86. The summed E-state index contributed by atoms with van der Waals surface area (Å²) in [6, 6.07) is 9.49. The van der Waals surface area contributed by atoms with Gasteiger partial charge in [0.15, 0.2) is 5.69 Å². The third-order valence-corrected chi connectivity index (χ3v) is 6.45. The van der Waals surface area contributed by atoms with Gasteiger partial charge >= 0.3 is 11.9 Å². The molecule has 1 N–H and O–H groups in total. The summed E-state index contributed by atoms with van der Waals surface area (Å²) >= 11 is 0. The van der Waals surface area contributed by atoms with Crippen molar-refractivity contribution < 1.29 is 26.1 Å². The van der Waals surface area contributed by atoms with Crippen LogP contribution in [0.2, 0.25) is 0 Å². The molecule has 0 saturated heterocycles. The van der Waals surface area contributed by atoms with Crippen molar-refractivity contribution in [3.05, 3.63) is 98.2 Å². The summed E-state index contributed by atoms with van der Waals surface area (Å²) in [4.78, 5) is 28.8. The lowest BCUT2D eigenvalue weighted by molar-refractivity contribution is -0.137. The number of alkyl halides is 3. The molecule has 0 bridgehead atoms. The number of rotatable bonds is 4. The summed E-state index contributed by atoms with van der Waals surface area (Å²) in [5, 5.41) is 3.98. The highest BCUT2D eigenvalue weighted by Gasteiger charge is 2.32. The van der Waals surface area contributed by atoms with E-state index in [4.69, 9.17) is 6.57 Å². The Bertz CT molecular complexity index is 1810. The molecule has 0 aliphatic carbocycles. The maximum Gasteiger partial charge on any atom is 0.416 e. The first-order valence-electron chi connectivity index (χ1n) is 10.3. The van der Waals surface area contributed by atoms with Crippen LogP contribution in [0.15, 0.2) is 69.2 Å². The van der Waals surface area contributed by atoms with Crippen molar-refractivity contribution in [2.45, 2.75) is 18.0 Å². The van der Waals surface area contributed by atoms with Gasteiger partial charge in [-0.05, 0) is 37.3 Å². The predicted octanol–water partition coefficient (Wildman–Crippen LogP) is 3.51. The van der Waals surface area contributed by atoms with E-state index in [-0.39, 0.29) is 22.8 Å². The van der Waals surface area contributed by atoms with Crippen molar-refractivity contribution in [2.75, 3.05) is 0 Å². The van der Waals surface area contributed by atoms with Gasteiger partial charge in [-0.25, -0.2) is 14.3 Å². The maximum absolute atomic E-state index is 13.3. The van der Waals surface area contributed by atoms with Crippen molar-refractivity contribution in [3.8, 4) is 22.6 Å². The van der Waals surface area contributed by atoms with Crippen molar-refractivity contribution in [2.24, 2.45) is 7.05 Å². The van der Waals surface area contributed by atoms with Crippen molar-refractivity contribution in [3.63, 3.8) is 0 Å². The lowest BCUT2D eigenvalue weighted by Crippen LogP contribution is -2.40. The van der Waals surface area contributed by atoms with Crippen LogP contribution >= 0.6 is 0 Å². The average Bonchev–Trinajstić information content (AvgIpc) is 3.28. The lowest BCUT2D eigenvalue weighted by Gasteiger charge is -2.18. The smallest absolute Gasteiger partial charge is 0.282 e. The Labute approximate surface area is 207 Å². The van der Waals surface area contributed by atoms with Crippen LogP contribution in [0, 0.1) is 13.5 Å². The third-order valence-electron chi connectivity index (χ3n) is 5.60. The van der Waals surface area contributed by atoms with Gasteiger partial charge < -0.3 is 0 Å². The Morgan fingerprint density at radius 2 is 1.70 bits per heavy atom. The van der Waals surface area contributed by atoms with Gasteiger partial charge in [0.25, 0.3) is 15.7 Å². The van der Waals surface area contributed by atoms with E-state index in [1.54, 1.807) is 0 Å². The standard InChI is InChI=1S/C23H16F3N5O5S/c1-13-19(20-18(37(34,35)36)12-28-31(20)16-9-7-15(27-2)8-10-16)21(32)29(3)22(33)30(13)17-6-4-5-14(11-17)23(24,25)26/h4-12H,1,3H3,(H,34,35,36). The zero-order valence-corrected chi connectivity index (χ0v) is 19.9. The van der Waals surface area contributed by atoms with E-state index in [1.165, 1.54) is 37.3 Å². The van der Waals surface area contributed by atoms with Crippen molar-refractivity contribution in [1.82, 2.24) is 18.9 Å². The van der Waals surface area contributed by atoms with Crippen LogP contribution in [0.3, 0.4) is 0 Å². The Morgan fingerprint density at radius 1 is 1.05 bits per heavy atom. The van der Waals surface area contributed by atoms with Gasteiger partial charge in [0.2, 0.25) is 0 Å². The molecule has 0 unspecified atom stereocenters. The number of hydrogen-bond donors (Lipinski definition) is 1. The van der Waals surface area contributed by atoms with E-state index in [2.05, 4.69) is 9.94 Å². The molecule has 0 fully saturated rings. The van der Waals surface area contributed by atoms with Crippen LogP contribution < -0.4 is 11.2 Å². The largest absolute Gasteiger partial charge is 0.416 e. The molecule has 190 valence electrons. The molecule has 0 radical (unpaired) electrons. The minimum absolute atomic E-state index is 0.197. The molecule has 2 aromatic carbocycles. The van der Waals surface area contributed by atoms with E-state index < -0.39 is 49.3 Å². The number of benzene rings is 2. The first-order chi connectivity index (χ1) is 17.3. The van der Waals surface area contributed by atoms with Crippen LogP contribution in [0.5, 0.6) is 0 Å². The summed E-state index contributed by atoms with van der Waals surface area (Å²) in [5.74, 6) is 0. The fourth-order valence-corrected chi connectivity index (χ4v) is 4.44. The topological polar surface area (TPSA) is 121 Å². The molecule has 0 aliphatic heterocycles. The van der Waals surface area contributed by atoms with Crippen molar-refractivity contribution >= 4 is 15.8 Å². The molecule has 4 rings (SSSR count). The van der Waals surface area contributed by atoms with Gasteiger partial charge in [0.1, 0.15) is 10.6 Å². The van der Waals surface area contributed by atoms with Crippen LogP contribution in [-0.4, -0.2) is 31.9 Å². The molecule has 0 spiro atoms. The van der Waals surface area contributed by atoms with E-state index in [0.717, 1.165) is 34.6 Å². The molecule has 4 aromatic rings. The predicted molar refractivity (Wildman–Crippen MR) is 126 cm³/mol. The Hall–Kier alpha value is -4.48. The molecule has 37 heavy (non-hydrogen) atoms. The van der Waals surface area contributed by atoms with Gasteiger partial charge in [-0.3, -0.25) is 18.5 Å². The quantitative estimate of drug-likeness (QED) is 0.318. The number of halogens is 3. The molecule has 0 saturated carbocycles.